The van der Waals surface area contributed by atoms with Gasteiger partial charge in [0.25, 0.3) is 0 Å². The zero-order valence-corrected chi connectivity index (χ0v) is 12.2. The highest BCUT2D eigenvalue weighted by Gasteiger charge is 2.23. The summed E-state index contributed by atoms with van der Waals surface area (Å²) < 4.78 is 5.31. The van der Waals surface area contributed by atoms with E-state index in [-0.39, 0.29) is 17.3 Å². The molecule has 1 atom stereocenters. The van der Waals surface area contributed by atoms with Crippen LogP contribution in [-0.4, -0.2) is 41.2 Å². The fraction of sp³-hybridized carbons (Fsp3) is 0.692. The van der Waals surface area contributed by atoms with Crippen molar-refractivity contribution in [2.75, 3.05) is 36.9 Å². The van der Waals surface area contributed by atoms with E-state index in [9.17, 15) is 10.1 Å². The van der Waals surface area contributed by atoms with E-state index in [1.807, 2.05) is 6.92 Å². The Bertz CT molecular complexity index is 477. The van der Waals surface area contributed by atoms with Gasteiger partial charge < -0.3 is 15.4 Å². The third-order valence-electron chi connectivity index (χ3n) is 3.42. The van der Waals surface area contributed by atoms with Crippen LogP contribution in [0.3, 0.4) is 0 Å². The zero-order valence-electron chi connectivity index (χ0n) is 12.2. The molecule has 1 aliphatic heterocycles. The molecule has 0 aliphatic carbocycles. The molecular formula is C13H21N5O3. The van der Waals surface area contributed by atoms with Crippen molar-refractivity contribution in [2.24, 2.45) is 5.92 Å². The number of nitrogens with zero attached hydrogens (tertiary/aromatic N) is 3. The molecule has 116 valence electrons. The smallest absolute Gasteiger partial charge is 0.353 e. The molecule has 2 heterocycles. The van der Waals surface area contributed by atoms with Crippen LogP contribution in [0.15, 0.2) is 6.33 Å². The molecule has 2 N–H and O–H groups in total. The molecule has 0 spiro atoms. The van der Waals surface area contributed by atoms with Crippen molar-refractivity contribution in [1.29, 1.82) is 0 Å². The average molecular weight is 295 g/mol. The van der Waals surface area contributed by atoms with Gasteiger partial charge in [0, 0.05) is 26.3 Å². The van der Waals surface area contributed by atoms with Gasteiger partial charge in [0.2, 0.25) is 11.6 Å². The van der Waals surface area contributed by atoms with Crippen LogP contribution in [0.5, 0.6) is 0 Å². The lowest BCUT2D eigenvalue weighted by molar-refractivity contribution is -0.383. The molecule has 0 saturated carbocycles. The maximum atomic E-state index is 11.3. The van der Waals surface area contributed by atoms with Crippen molar-refractivity contribution >= 4 is 17.3 Å². The summed E-state index contributed by atoms with van der Waals surface area (Å²) in [4.78, 5) is 18.8. The van der Waals surface area contributed by atoms with Gasteiger partial charge in [0.1, 0.15) is 6.33 Å². The van der Waals surface area contributed by atoms with Crippen molar-refractivity contribution in [3.05, 3.63) is 16.4 Å². The van der Waals surface area contributed by atoms with E-state index in [1.165, 1.54) is 6.33 Å². The van der Waals surface area contributed by atoms with Gasteiger partial charge >= 0.3 is 5.69 Å². The Morgan fingerprint density at radius 2 is 2.10 bits per heavy atom. The SMILES string of the molecule is CCCNc1ncnc(NCCC2CCOC2)c1[N+](=O)[O-]. The quantitative estimate of drug-likeness (QED) is 0.559. The Balaban J connectivity index is 2.01. The Labute approximate surface area is 123 Å². The summed E-state index contributed by atoms with van der Waals surface area (Å²) in [5.74, 6) is 1.06. The topological polar surface area (TPSA) is 102 Å². The molecular weight excluding hydrogens is 274 g/mol. The highest BCUT2D eigenvalue weighted by molar-refractivity contribution is 5.69. The molecule has 1 fully saturated rings. The molecule has 8 heteroatoms. The monoisotopic (exact) mass is 295 g/mol. The van der Waals surface area contributed by atoms with Gasteiger partial charge in [-0.15, -0.1) is 0 Å². The van der Waals surface area contributed by atoms with Crippen LogP contribution in [0, 0.1) is 16.0 Å². The first-order valence-electron chi connectivity index (χ1n) is 7.27. The van der Waals surface area contributed by atoms with Crippen molar-refractivity contribution in [3.8, 4) is 0 Å². The maximum absolute atomic E-state index is 11.3. The van der Waals surface area contributed by atoms with Gasteiger partial charge in [-0.05, 0) is 25.2 Å². The fourth-order valence-electron chi connectivity index (χ4n) is 2.26. The molecule has 21 heavy (non-hydrogen) atoms. The average Bonchev–Trinajstić information content (AvgIpc) is 2.98. The van der Waals surface area contributed by atoms with E-state index in [0.717, 1.165) is 32.5 Å². The van der Waals surface area contributed by atoms with E-state index >= 15 is 0 Å². The molecule has 1 aromatic heterocycles. The van der Waals surface area contributed by atoms with Gasteiger partial charge in [-0.3, -0.25) is 10.1 Å². The van der Waals surface area contributed by atoms with Crippen LogP contribution in [0.2, 0.25) is 0 Å². The Hall–Kier alpha value is -1.96. The van der Waals surface area contributed by atoms with Crippen molar-refractivity contribution < 1.29 is 9.66 Å². The predicted molar refractivity (Wildman–Crippen MR) is 79.5 cm³/mol. The number of anilines is 2. The second-order valence-corrected chi connectivity index (χ2v) is 5.05. The lowest BCUT2D eigenvalue weighted by Crippen LogP contribution is -2.13. The van der Waals surface area contributed by atoms with Crippen LogP contribution in [0.1, 0.15) is 26.2 Å². The van der Waals surface area contributed by atoms with Crippen molar-refractivity contribution in [1.82, 2.24) is 9.97 Å². The minimum atomic E-state index is -0.445. The molecule has 0 amide bonds. The summed E-state index contributed by atoms with van der Waals surface area (Å²) in [5, 5.41) is 17.3. The first kappa shape index (κ1) is 15.4. The van der Waals surface area contributed by atoms with E-state index in [1.54, 1.807) is 0 Å². The number of nitrogens with one attached hydrogen (secondary N) is 2. The first-order valence-corrected chi connectivity index (χ1v) is 7.27. The lowest BCUT2D eigenvalue weighted by Gasteiger charge is -2.11. The summed E-state index contributed by atoms with van der Waals surface area (Å²) in [7, 11) is 0. The second kappa shape index (κ2) is 7.72. The number of rotatable bonds is 8. The van der Waals surface area contributed by atoms with Crippen LogP contribution in [0.4, 0.5) is 17.3 Å². The van der Waals surface area contributed by atoms with Crippen LogP contribution >= 0.6 is 0 Å². The van der Waals surface area contributed by atoms with E-state index < -0.39 is 4.92 Å². The van der Waals surface area contributed by atoms with Gasteiger partial charge in [-0.25, -0.2) is 9.97 Å². The van der Waals surface area contributed by atoms with Crippen LogP contribution in [-0.2, 0) is 4.74 Å². The third kappa shape index (κ3) is 4.25. The largest absolute Gasteiger partial charge is 0.381 e. The molecule has 1 aromatic rings. The maximum Gasteiger partial charge on any atom is 0.353 e. The fourth-order valence-corrected chi connectivity index (χ4v) is 2.26. The number of nitro groups is 1. The second-order valence-electron chi connectivity index (χ2n) is 5.05. The Morgan fingerprint density at radius 3 is 2.67 bits per heavy atom. The highest BCUT2D eigenvalue weighted by Crippen LogP contribution is 2.29. The molecule has 8 nitrogen and oxygen atoms in total. The number of hydrogen-bond acceptors (Lipinski definition) is 7. The summed E-state index contributed by atoms with van der Waals surface area (Å²) in [6.07, 6.45) is 4.17. The minimum absolute atomic E-state index is 0.0892. The van der Waals surface area contributed by atoms with E-state index in [0.29, 0.717) is 19.0 Å². The number of hydrogen-bond donors (Lipinski definition) is 2. The standard InChI is InChI=1S/C13H21N5O3/c1-2-5-14-12-11(18(19)20)13(17-9-16-12)15-6-3-10-4-7-21-8-10/h9-10H,2-8H2,1H3,(H2,14,15,16,17). The third-order valence-corrected chi connectivity index (χ3v) is 3.42. The highest BCUT2D eigenvalue weighted by atomic mass is 16.6. The van der Waals surface area contributed by atoms with Crippen LogP contribution < -0.4 is 10.6 Å². The Morgan fingerprint density at radius 1 is 1.38 bits per heavy atom. The van der Waals surface area contributed by atoms with Gasteiger partial charge in [-0.2, -0.15) is 0 Å². The lowest BCUT2D eigenvalue weighted by atomic mass is 10.1. The first-order chi connectivity index (χ1) is 10.2. The molecule has 0 radical (unpaired) electrons. The summed E-state index contributed by atoms with van der Waals surface area (Å²) in [6.45, 7) is 4.85. The van der Waals surface area contributed by atoms with E-state index in [4.69, 9.17) is 4.74 Å². The van der Waals surface area contributed by atoms with Gasteiger partial charge in [0.05, 0.1) is 4.92 Å². The summed E-state index contributed by atoms with van der Waals surface area (Å²) in [5.41, 5.74) is -0.0892. The summed E-state index contributed by atoms with van der Waals surface area (Å²) in [6, 6.07) is 0. The summed E-state index contributed by atoms with van der Waals surface area (Å²) >= 11 is 0. The minimum Gasteiger partial charge on any atom is -0.381 e. The predicted octanol–water partition coefficient (Wildman–Crippen LogP) is 2.05. The molecule has 0 bridgehead atoms. The normalized spacial score (nSPS) is 17.7. The zero-order chi connectivity index (χ0) is 15.1. The Kier molecular flexibility index (Phi) is 5.68. The molecule has 2 rings (SSSR count). The number of aromatic nitrogens is 2. The van der Waals surface area contributed by atoms with Gasteiger partial charge in [-0.1, -0.05) is 6.92 Å². The van der Waals surface area contributed by atoms with Gasteiger partial charge in [0.15, 0.2) is 0 Å². The molecule has 0 aromatic carbocycles. The molecule has 1 aliphatic rings. The number of ether oxygens (including phenoxy) is 1. The van der Waals surface area contributed by atoms with Crippen molar-refractivity contribution in [2.45, 2.75) is 26.2 Å². The van der Waals surface area contributed by atoms with E-state index in [2.05, 4.69) is 20.6 Å². The molecule has 1 unspecified atom stereocenters. The van der Waals surface area contributed by atoms with Crippen LogP contribution in [0.25, 0.3) is 0 Å². The van der Waals surface area contributed by atoms with Crippen molar-refractivity contribution in [3.63, 3.8) is 0 Å². The molecule has 1 saturated heterocycles.